The smallest absolute Gasteiger partial charge is 0.311 e. The molecule has 1 N–H and O–H groups in total. The van der Waals surface area contributed by atoms with Crippen LogP contribution >= 0.6 is 11.6 Å². The van der Waals surface area contributed by atoms with Crippen LogP contribution in [0.4, 0.5) is 5.69 Å². The average molecular weight is 415 g/mol. The molecule has 2 aromatic carbocycles. The number of para-hydroxylation sites is 1. The molecule has 0 aromatic heterocycles. The van der Waals surface area contributed by atoms with Crippen molar-refractivity contribution >= 4 is 35.1 Å². The molecule has 3 rings (SSSR count). The zero-order valence-electron chi connectivity index (χ0n) is 16.2. The quantitative estimate of drug-likeness (QED) is 0.706. The minimum Gasteiger partial charge on any atom is -0.455 e. The zero-order valence-corrected chi connectivity index (χ0v) is 16.9. The van der Waals surface area contributed by atoms with E-state index in [4.69, 9.17) is 16.3 Å². The van der Waals surface area contributed by atoms with E-state index in [1.165, 1.54) is 0 Å². The number of carbonyl (C=O) groups excluding carboxylic acids is 3. The highest BCUT2D eigenvalue weighted by atomic mass is 35.5. The molecule has 1 fully saturated rings. The Hall–Kier alpha value is -2.86. The Morgan fingerprint density at radius 1 is 1.14 bits per heavy atom. The van der Waals surface area contributed by atoms with E-state index in [0.717, 1.165) is 23.2 Å². The summed E-state index contributed by atoms with van der Waals surface area (Å²) in [5, 5.41) is 3.22. The molecule has 1 aliphatic heterocycles. The SMILES string of the molecule is CCc1ccccc1N1C[C@@H](C(=O)OCC(=O)NCc2ccccc2Cl)CC1=O. The number of hydrogen-bond acceptors (Lipinski definition) is 4. The van der Waals surface area contributed by atoms with Gasteiger partial charge in [-0.1, -0.05) is 54.9 Å². The van der Waals surface area contributed by atoms with Crippen LogP contribution in [0.15, 0.2) is 48.5 Å². The summed E-state index contributed by atoms with van der Waals surface area (Å²) in [5.74, 6) is -1.65. The van der Waals surface area contributed by atoms with Gasteiger partial charge in [-0.2, -0.15) is 0 Å². The molecule has 0 unspecified atom stereocenters. The second-order valence-electron chi connectivity index (χ2n) is 6.86. The fourth-order valence-corrected chi connectivity index (χ4v) is 3.52. The molecular weight excluding hydrogens is 392 g/mol. The number of halogens is 1. The summed E-state index contributed by atoms with van der Waals surface area (Å²) in [6.07, 6.45) is 0.874. The molecule has 2 amide bonds. The van der Waals surface area contributed by atoms with Crippen molar-refractivity contribution < 1.29 is 19.1 Å². The van der Waals surface area contributed by atoms with Gasteiger partial charge in [0.1, 0.15) is 0 Å². The highest BCUT2D eigenvalue weighted by Crippen LogP contribution is 2.29. The summed E-state index contributed by atoms with van der Waals surface area (Å²) in [6, 6.07) is 14.8. The lowest BCUT2D eigenvalue weighted by Crippen LogP contribution is -2.31. The summed E-state index contributed by atoms with van der Waals surface area (Å²) >= 11 is 6.05. The first-order chi connectivity index (χ1) is 14.0. The van der Waals surface area contributed by atoms with Crippen LogP contribution in [0.3, 0.4) is 0 Å². The first kappa shape index (κ1) is 20.9. The second-order valence-corrected chi connectivity index (χ2v) is 7.27. The summed E-state index contributed by atoms with van der Waals surface area (Å²) in [5.41, 5.74) is 2.65. The molecule has 1 aliphatic rings. The third-order valence-corrected chi connectivity index (χ3v) is 5.27. The van der Waals surface area contributed by atoms with Gasteiger partial charge in [-0.15, -0.1) is 0 Å². The van der Waals surface area contributed by atoms with Gasteiger partial charge in [-0.25, -0.2) is 0 Å². The number of nitrogens with zero attached hydrogens (tertiary/aromatic N) is 1. The van der Waals surface area contributed by atoms with Crippen LogP contribution in [0, 0.1) is 5.92 Å². The Morgan fingerprint density at radius 2 is 1.83 bits per heavy atom. The van der Waals surface area contributed by atoms with E-state index < -0.39 is 17.8 Å². The van der Waals surface area contributed by atoms with Crippen LogP contribution in [0.2, 0.25) is 5.02 Å². The van der Waals surface area contributed by atoms with E-state index in [0.29, 0.717) is 5.02 Å². The highest BCUT2D eigenvalue weighted by Gasteiger charge is 2.36. The van der Waals surface area contributed by atoms with E-state index in [2.05, 4.69) is 5.32 Å². The van der Waals surface area contributed by atoms with Crippen LogP contribution in [0.25, 0.3) is 0 Å². The molecule has 0 saturated carbocycles. The van der Waals surface area contributed by atoms with Crippen LogP contribution in [0.5, 0.6) is 0 Å². The number of anilines is 1. The van der Waals surface area contributed by atoms with Crippen molar-refractivity contribution in [2.75, 3.05) is 18.1 Å². The van der Waals surface area contributed by atoms with E-state index in [1.807, 2.05) is 43.3 Å². The Morgan fingerprint density at radius 3 is 2.55 bits per heavy atom. The van der Waals surface area contributed by atoms with Crippen molar-refractivity contribution in [2.24, 2.45) is 5.92 Å². The number of esters is 1. The Bertz CT molecular complexity index is 915. The van der Waals surface area contributed by atoms with Gasteiger partial charge >= 0.3 is 5.97 Å². The third-order valence-electron chi connectivity index (χ3n) is 4.90. The lowest BCUT2D eigenvalue weighted by Gasteiger charge is -2.19. The standard InChI is InChI=1S/C22H23ClN2O4/c1-2-15-7-4-6-10-19(15)25-13-17(11-21(25)27)22(28)29-14-20(26)24-12-16-8-3-5-9-18(16)23/h3-10,17H,2,11-14H2,1H3,(H,24,26)/t17-/m0/s1. The number of nitrogens with one attached hydrogen (secondary N) is 1. The monoisotopic (exact) mass is 414 g/mol. The predicted octanol–water partition coefficient (Wildman–Crippen LogP) is 3.11. The molecule has 152 valence electrons. The number of carbonyl (C=O) groups is 3. The number of aryl methyl sites for hydroxylation is 1. The van der Waals surface area contributed by atoms with Gasteiger partial charge in [-0.3, -0.25) is 14.4 Å². The molecule has 0 aliphatic carbocycles. The van der Waals surface area contributed by atoms with E-state index in [-0.39, 0.29) is 32.0 Å². The van der Waals surface area contributed by atoms with Gasteiger partial charge in [0.25, 0.3) is 5.91 Å². The maximum atomic E-state index is 12.4. The van der Waals surface area contributed by atoms with Crippen LogP contribution in [-0.4, -0.2) is 30.9 Å². The van der Waals surface area contributed by atoms with Crippen molar-refractivity contribution in [3.8, 4) is 0 Å². The Kier molecular flexibility index (Phi) is 6.88. The largest absolute Gasteiger partial charge is 0.455 e. The minimum absolute atomic E-state index is 0.0815. The summed E-state index contributed by atoms with van der Waals surface area (Å²) in [4.78, 5) is 38.4. The Labute approximate surface area is 174 Å². The first-order valence-corrected chi connectivity index (χ1v) is 9.92. The molecule has 0 bridgehead atoms. The average Bonchev–Trinajstić information content (AvgIpc) is 3.12. The minimum atomic E-state index is -0.580. The lowest BCUT2D eigenvalue weighted by atomic mass is 10.1. The van der Waals surface area contributed by atoms with Gasteiger partial charge < -0.3 is 15.0 Å². The third kappa shape index (κ3) is 5.15. The second kappa shape index (κ2) is 9.56. The van der Waals surface area contributed by atoms with Crippen molar-refractivity contribution in [1.82, 2.24) is 5.32 Å². The molecule has 29 heavy (non-hydrogen) atoms. The van der Waals surface area contributed by atoms with Crippen molar-refractivity contribution in [3.63, 3.8) is 0 Å². The number of rotatable bonds is 7. The van der Waals surface area contributed by atoms with Gasteiger partial charge in [0.2, 0.25) is 5.91 Å². The maximum absolute atomic E-state index is 12.4. The summed E-state index contributed by atoms with van der Waals surface area (Å²) < 4.78 is 5.13. The normalized spacial score (nSPS) is 16.0. The molecule has 1 heterocycles. The number of hydrogen-bond donors (Lipinski definition) is 1. The molecule has 0 spiro atoms. The summed E-state index contributed by atoms with van der Waals surface area (Å²) in [6.45, 7) is 2.14. The van der Waals surface area contributed by atoms with E-state index in [9.17, 15) is 14.4 Å². The zero-order chi connectivity index (χ0) is 20.8. The van der Waals surface area contributed by atoms with Gasteiger partial charge in [0.15, 0.2) is 6.61 Å². The number of benzene rings is 2. The number of ether oxygens (including phenoxy) is 1. The lowest BCUT2D eigenvalue weighted by molar-refractivity contribution is -0.152. The van der Waals surface area contributed by atoms with Gasteiger partial charge in [0.05, 0.1) is 5.92 Å². The summed E-state index contributed by atoms with van der Waals surface area (Å²) in [7, 11) is 0. The van der Waals surface area contributed by atoms with Crippen LogP contribution in [0.1, 0.15) is 24.5 Å². The highest BCUT2D eigenvalue weighted by molar-refractivity contribution is 6.31. The van der Waals surface area contributed by atoms with Crippen molar-refractivity contribution in [3.05, 3.63) is 64.7 Å². The topological polar surface area (TPSA) is 75.7 Å². The maximum Gasteiger partial charge on any atom is 0.311 e. The van der Waals surface area contributed by atoms with Crippen LogP contribution in [-0.2, 0) is 32.1 Å². The van der Waals surface area contributed by atoms with E-state index in [1.54, 1.807) is 17.0 Å². The first-order valence-electron chi connectivity index (χ1n) is 9.54. The van der Waals surface area contributed by atoms with Crippen LogP contribution < -0.4 is 10.2 Å². The molecule has 1 atom stereocenters. The van der Waals surface area contributed by atoms with Crippen molar-refractivity contribution in [2.45, 2.75) is 26.3 Å². The molecule has 1 saturated heterocycles. The molecule has 0 radical (unpaired) electrons. The molecule has 6 nitrogen and oxygen atoms in total. The fourth-order valence-electron chi connectivity index (χ4n) is 3.31. The molecule has 7 heteroatoms. The van der Waals surface area contributed by atoms with Crippen molar-refractivity contribution in [1.29, 1.82) is 0 Å². The van der Waals surface area contributed by atoms with Gasteiger partial charge in [-0.05, 0) is 29.7 Å². The fraction of sp³-hybridized carbons (Fsp3) is 0.318. The molecular formula is C22H23ClN2O4. The van der Waals surface area contributed by atoms with Gasteiger partial charge in [0, 0.05) is 30.2 Å². The number of amides is 2. The predicted molar refractivity (Wildman–Crippen MR) is 111 cm³/mol. The molecule has 2 aromatic rings. The Balaban J connectivity index is 1.50. The van der Waals surface area contributed by atoms with E-state index >= 15 is 0 Å².